The second-order valence-corrected chi connectivity index (χ2v) is 7.83. The average molecular weight is 430 g/mol. The number of carbonyl (C=O) groups is 2. The lowest BCUT2D eigenvalue weighted by Gasteiger charge is -2.42. The Bertz CT molecular complexity index is 791. The number of rotatable bonds is 7. The van der Waals surface area contributed by atoms with Gasteiger partial charge in [0.1, 0.15) is 0 Å². The topological polar surface area (TPSA) is 70.2 Å². The lowest BCUT2D eigenvalue weighted by molar-refractivity contribution is -0.121. The maximum Gasteiger partial charge on any atom is 0.319 e. The highest BCUT2D eigenvalue weighted by molar-refractivity contribution is 9.10. The van der Waals surface area contributed by atoms with Crippen LogP contribution in [-0.2, 0) is 10.2 Å². The van der Waals surface area contributed by atoms with E-state index >= 15 is 0 Å². The van der Waals surface area contributed by atoms with E-state index in [9.17, 15) is 9.59 Å². The SMILES string of the molecule is O=C(CCNC(=O)Nc1ccccc1)NCC1(c2cccc(Br)c2)CCC1. The van der Waals surface area contributed by atoms with Crippen LogP contribution >= 0.6 is 15.9 Å². The van der Waals surface area contributed by atoms with Gasteiger partial charge in [-0.15, -0.1) is 0 Å². The molecule has 27 heavy (non-hydrogen) atoms. The molecule has 1 aliphatic carbocycles. The quantitative estimate of drug-likeness (QED) is 0.616. The third kappa shape index (κ3) is 5.32. The fraction of sp³-hybridized carbons (Fsp3) is 0.333. The average Bonchev–Trinajstić information content (AvgIpc) is 2.62. The Morgan fingerprint density at radius 2 is 1.78 bits per heavy atom. The largest absolute Gasteiger partial charge is 0.355 e. The summed E-state index contributed by atoms with van der Waals surface area (Å²) in [6.07, 6.45) is 3.61. The summed E-state index contributed by atoms with van der Waals surface area (Å²) in [5, 5.41) is 8.48. The first-order chi connectivity index (χ1) is 13.1. The van der Waals surface area contributed by atoms with Crippen molar-refractivity contribution in [2.75, 3.05) is 18.4 Å². The van der Waals surface area contributed by atoms with Crippen molar-refractivity contribution in [1.29, 1.82) is 0 Å². The first kappa shape index (κ1) is 19.4. The van der Waals surface area contributed by atoms with Crippen LogP contribution in [0, 0.1) is 0 Å². The van der Waals surface area contributed by atoms with Crippen molar-refractivity contribution in [2.45, 2.75) is 31.1 Å². The number of amides is 3. The summed E-state index contributed by atoms with van der Waals surface area (Å²) < 4.78 is 1.06. The number of benzene rings is 2. The molecule has 0 aromatic heterocycles. The van der Waals surface area contributed by atoms with Crippen LogP contribution in [0.4, 0.5) is 10.5 Å². The van der Waals surface area contributed by atoms with Gasteiger partial charge in [0.25, 0.3) is 0 Å². The molecule has 1 fully saturated rings. The normalized spacial score (nSPS) is 14.7. The molecule has 3 rings (SSSR count). The van der Waals surface area contributed by atoms with Gasteiger partial charge in [-0.2, -0.15) is 0 Å². The molecular weight excluding hydrogens is 406 g/mol. The molecule has 1 aliphatic rings. The van der Waals surface area contributed by atoms with Crippen LogP contribution < -0.4 is 16.0 Å². The zero-order chi connectivity index (χ0) is 19.1. The number of nitrogens with one attached hydrogen (secondary N) is 3. The fourth-order valence-electron chi connectivity index (χ4n) is 3.33. The van der Waals surface area contributed by atoms with Gasteiger partial charge in [0, 0.05) is 35.1 Å². The van der Waals surface area contributed by atoms with E-state index < -0.39 is 0 Å². The highest BCUT2D eigenvalue weighted by Gasteiger charge is 2.38. The second-order valence-electron chi connectivity index (χ2n) is 6.92. The number of carbonyl (C=O) groups excluding carboxylic acids is 2. The van der Waals surface area contributed by atoms with Gasteiger partial charge in [-0.1, -0.05) is 52.7 Å². The van der Waals surface area contributed by atoms with E-state index in [2.05, 4.69) is 44.0 Å². The monoisotopic (exact) mass is 429 g/mol. The Morgan fingerprint density at radius 3 is 2.44 bits per heavy atom. The number of halogens is 1. The molecule has 3 amide bonds. The standard InChI is InChI=1S/C21H24BrN3O2/c22-17-7-4-6-16(14-17)21(11-5-12-21)15-24-19(26)10-13-23-20(27)25-18-8-2-1-3-9-18/h1-4,6-9,14H,5,10-13,15H2,(H,24,26)(H2,23,25,27). The smallest absolute Gasteiger partial charge is 0.319 e. The highest BCUT2D eigenvalue weighted by atomic mass is 79.9. The molecule has 0 aliphatic heterocycles. The summed E-state index contributed by atoms with van der Waals surface area (Å²) in [5.41, 5.74) is 2.03. The van der Waals surface area contributed by atoms with Crippen molar-refractivity contribution in [3.05, 3.63) is 64.6 Å². The zero-order valence-electron chi connectivity index (χ0n) is 15.1. The summed E-state index contributed by atoms with van der Waals surface area (Å²) in [6, 6.07) is 17.2. The van der Waals surface area contributed by atoms with E-state index in [0.717, 1.165) is 23.0 Å². The second kappa shape index (κ2) is 9.04. The van der Waals surface area contributed by atoms with E-state index in [1.807, 2.05) is 42.5 Å². The minimum atomic E-state index is -0.307. The number of hydrogen-bond donors (Lipinski definition) is 3. The van der Waals surface area contributed by atoms with Crippen molar-refractivity contribution in [2.24, 2.45) is 0 Å². The summed E-state index contributed by atoms with van der Waals surface area (Å²) in [6.45, 7) is 0.937. The summed E-state index contributed by atoms with van der Waals surface area (Å²) in [7, 11) is 0. The van der Waals surface area contributed by atoms with Crippen molar-refractivity contribution >= 4 is 33.6 Å². The fourth-order valence-corrected chi connectivity index (χ4v) is 3.73. The molecule has 5 nitrogen and oxygen atoms in total. The third-order valence-corrected chi connectivity index (χ3v) is 5.53. The molecule has 0 bridgehead atoms. The van der Waals surface area contributed by atoms with E-state index in [1.165, 1.54) is 12.0 Å². The van der Waals surface area contributed by atoms with E-state index in [-0.39, 0.29) is 23.8 Å². The van der Waals surface area contributed by atoms with Crippen LogP contribution in [0.15, 0.2) is 59.1 Å². The Morgan fingerprint density at radius 1 is 1.00 bits per heavy atom. The molecule has 2 aromatic carbocycles. The number of para-hydroxylation sites is 1. The summed E-state index contributed by atoms with van der Waals surface area (Å²) >= 11 is 3.53. The molecule has 1 saturated carbocycles. The molecule has 0 saturated heterocycles. The van der Waals surface area contributed by atoms with Gasteiger partial charge >= 0.3 is 6.03 Å². The molecule has 142 valence electrons. The van der Waals surface area contributed by atoms with Gasteiger partial charge < -0.3 is 16.0 Å². The van der Waals surface area contributed by atoms with Crippen LogP contribution in [-0.4, -0.2) is 25.0 Å². The lowest BCUT2D eigenvalue weighted by Crippen LogP contribution is -2.46. The van der Waals surface area contributed by atoms with Crippen molar-refractivity contribution < 1.29 is 9.59 Å². The minimum Gasteiger partial charge on any atom is -0.355 e. The highest BCUT2D eigenvalue weighted by Crippen LogP contribution is 2.43. The summed E-state index contributed by atoms with van der Waals surface area (Å²) in [5.74, 6) is -0.0451. The lowest BCUT2D eigenvalue weighted by atomic mass is 9.64. The van der Waals surface area contributed by atoms with Gasteiger partial charge in [-0.05, 0) is 42.7 Å². The van der Waals surface area contributed by atoms with Crippen molar-refractivity contribution in [3.63, 3.8) is 0 Å². The first-order valence-electron chi connectivity index (χ1n) is 9.20. The Labute approximate surface area is 168 Å². The number of anilines is 1. The van der Waals surface area contributed by atoms with E-state index in [4.69, 9.17) is 0 Å². The van der Waals surface area contributed by atoms with Crippen LogP contribution in [0.2, 0.25) is 0 Å². The van der Waals surface area contributed by atoms with Crippen LogP contribution in [0.3, 0.4) is 0 Å². The maximum absolute atomic E-state index is 12.2. The molecular formula is C21H24BrN3O2. The molecule has 2 aromatic rings. The molecule has 0 unspecified atom stereocenters. The van der Waals surface area contributed by atoms with Gasteiger partial charge in [0.05, 0.1) is 0 Å². The molecule has 0 heterocycles. The van der Waals surface area contributed by atoms with Crippen LogP contribution in [0.25, 0.3) is 0 Å². The Balaban J connectivity index is 1.41. The molecule has 6 heteroatoms. The molecule has 0 spiro atoms. The third-order valence-electron chi connectivity index (χ3n) is 5.04. The predicted octanol–water partition coefficient (Wildman–Crippen LogP) is 4.20. The minimum absolute atomic E-state index is 0.0392. The van der Waals surface area contributed by atoms with Gasteiger partial charge in [-0.3, -0.25) is 4.79 Å². The van der Waals surface area contributed by atoms with Crippen LogP contribution in [0.5, 0.6) is 0 Å². The van der Waals surface area contributed by atoms with Crippen LogP contribution in [0.1, 0.15) is 31.2 Å². The Hall–Kier alpha value is -2.34. The van der Waals surface area contributed by atoms with Crippen molar-refractivity contribution in [3.8, 4) is 0 Å². The maximum atomic E-state index is 12.2. The first-order valence-corrected chi connectivity index (χ1v) is 9.99. The number of urea groups is 1. The Kier molecular flexibility index (Phi) is 6.50. The summed E-state index contributed by atoms with van der Waals surface area (Å²) in [4.78, 5) is 24.0. The van der Waals surface area contributed by atoms with Crippen molar-refractivity contribution in [1.82, 2.24) is 10.6 Å². The molecule has 3 N–H and O–H groups in total. The van der Waals surface area contributed by atoms with E-state index in [0.29, 0.717) is 13.1 Å². The van der Waals surface area contributed by atoms with Gasteiger partial charge in [0.2, 0.25) is 5.91 Å². The zero-order valence-corrected chi connectivity index (χ0v) is 16.7. The number of hydrogen-bond acceptors (Lipinski definition) is 2. The molecule has 0 atom stereocenters. The molecule has 0 radical (unpaired) electrons. The van der Waals surface area contributed by atoms with Gasteiger partial charge in [-0.25, -0.2) is 4.79 Å². The van der Waals surface area contributed by atoms with Gasteiger partial charge in [0.15, 0.2) is 0 Å². The van der Waals surface area contributed by atoms with E-state index in [1.54, 1.807) is 0 Å². The predicted molar refractivity (Wildman–Crippen MR) is 111 cm³/mol.